The summed E-state index contributed by atoms with van der Waals surface area (Å²) in [6.45, 7) is 2.53. The number of methoxy groups -OCH3 is 1. The number of anilines is 1. The van der Waals surface area contributed by atoms with Crippen LogP contribution in [0, 0.1) is 0 Å². The molecule has 2 aliphatic rings. The normalized spacial score (nSPS) is 22.2. The summed E-state index contributed by atoms with van der Waals surface area (Å²) >= 11 is 0. The number of hydrogen-bond acceptors (Lipinski definition) is 5. The van der Waals surface area contributed by atoms with Gasteiger partial charge in [-0.3, -0.25) is 4.79 Å². The number of ether oxygens (including phenoxy) is 1. The fraction of sp³-hybridized carbons (Fsp3) is 0.545. The molecule has 1 unspecified atom stereocenters. The number of H-pyrrole nitrogens is 1. The summed E-state index contributed by atoms with van der Waals surface area (Å²) in [4.78, 5) is 33.7. The van der Waals surface area contributed by atoms with Gasteiger partial charge in [0, 0.05) is 26.2 Å². The van der Waals surface area contributed by atoms with Gasteiger partial charge in [0.05, 0.1) is 19.5 Å². The molecule has 1 atom stereocenters. The zero-order chi connectivity index (χ0) is 13.4. The monoisotopic (exact) mass is 265 g/mol. The van der Waals surface area contributed by atoms with Gasteiger partial charge in [0.15, 0.2) is 5.82 Å². The van der Waals surface area contributed by atoms with Crippen molar-refractivity contribution in [2.75, 3.05) is 38.2 Å². The summed E-state index contributed by atoms with van der Waals surface area (Å²) in [5, 5.41) is 2.81. The summed E-state index contributed by atoms with van der Waals surface area (Å²) in [5.41, 5.74) is -0.296. The van der Waals surface area contributed by atoms with Crippen LogP contribution >= 0.6 is 0 Å². The van der Waals surface area contributed by atoms with E-state index < -0.39 is 0 Å². The van der Waals surface area contributed by atoms with E-state index in [0.29, 0.717) is 32.0 Å². The van der Waals surface area contributed by atoms with E-state index in [1.807, 2.05) is 9.80 Å². The lowest BCUT2D eigenvalue weighted by atomic mass is 10.2. The van der Waals surface area contributed by atoms with Gasteiger partial charge in [-0.25, -0.2) is 9.78 Å². The molecule has 19 heavy (non-hydrogen) atoms. The third kappa shape index (κ3) is 1.88. The predicted octanol–water partition coefficient (Wildman–Crippen LogP) is -1.01. The molecule has 2 amide bonds. The molecular weight excluding hydrogens is 250 g/mol. The van der Waals surface area contributed by atoms with Gasteiger partial charge >= 0.3 is 6.03 Å². The second kappa shape index (κ2) is 4.45. The molecule has 1 aromatic heterocycles. The number of carbonyl (C=O) groups is 1. The first kappa shape index (κ1) is 11.8. The number of amides is 2. The topological polar surface area (TPSA) is 90.6 Å². The van der Waals surface area contributed by atoms with Crippen LogP contribution in [0.4, 0.5) is 10.6 Å². The average Bonchev–Trinajstić information content (AvgIpc) is 2.79. The number of aromatic nitrogens is 2. The molecule has 0 aromatic carbocycles. The smallest absolute Gasteiger partial charge is 0.317 e. The molecule has 2 fully saturated rings. The van der Waals surface area contributed by atoms with Crippen LogP contribution in [0.2, 0.25) is 0 Å². The van der Waals surface area contributed by atoms with Crippen molar-refractivity contribution in [3.8, 4) is 5.75 Å². The highest BCUT2D eigenvalue weighted by molar-refractivity contribution is 5.77. The van der Waals surface area contributed by atoms with Crippen LogP contribution in [-0.2, 0) is 0 Å². The zero-order valence-electron chi connectivity index (χ0n) is 10.5. The first-order valence-electron chi connectivity index (χ1n) is 6.12. The predicted molar refractivity (Wildman–Crippen MR) is 67.5 cm³/mol. The van der Waals surface area contributed by atoms with Crippen molar-refractivity contribution in [1.82, 2.24) is 20.2 Å². The van der Waals surface area contributed by atoms with Crippen molar-refractivity contribution < 1.29 is 9.53 Å². The van der Waals surface area contributed by atoms with Gasteiger partial charge in [0.25, 0.3) is 5.56 Å². The molecule has 0 saturated carbocycles. The van der Waals surface area contributed by atoms with Gasteiger partial charge in [-0.2, -0.15) is 0 Å². The number of nitrogens with one attached hydrogen (secondary N) is 2. The van der Waals surface area contributed by atoms with Crippen LogP contribution < -0.4 is 20.5 Å². The van der Waals surface area contributed by atoms with Crippen molar-refractivity contribution in [3.63, 3.8) is 0 Å². The molecule has 2 N–H and O–H groups in total. The van der Waals surface area contributed by atoms with Crippen LogP contribution in [-0.4, -0.2) is 60.2 Å². The highest BCUT2D eigenvalue weighted by atomic mass is 16.5. The molecule has 0 aliphatic carbocycles. The fourth-order valence-corrected chi connectivity index (χ4v) is 2.58. The van der Waals surface area contributed by atoms with E-state index in [1.54, 1.807) is 0 Å². The number of rotatable bonds is 2. The molecule has 0 spiro atoms. The summed E-state index contributed by atoms with van der Waals surface area (Å²) in [6.07, 6.45) is 1.37. The lowest BCUT2D eigenvalue weighted by molar-refractivity contribution is 0.197. The number of nitrogens with zero attached hydrogens (tertiary/aromatic N) is 3. The van der Waals surface area contributed by atoms with Crippen LogP contribution in [0.15, 0.2) is 11.1 Å². The second-order valence-corrected chi connectivity index (χ2v) is 4.57. The minimum absolute atomic E-state index is 0.0181. The van der Waals surface area contributed by atoms with Crippen LogP contribution in [0.1, 0.15) is 0 Å². The van der Waals surface area contributed by atoms with Crippen LogP contribution in [0.5, 0.6) is 5.75 Å². The van der Waals surface area contributed by atoms with Gasteiger partial charge in [-0.05, 0) is 0 Å². The first-order valence-corrected chi connectivity index (χ1v) is 6.12. The van der Waals surface area contributed by atoms with Crippen LogP contribution in [0.25, 0.3) is 0 Å². The molecule has 1 aromatic rings. The van der Waals surface area contributed by atoms with Gasteiger partial charge < -0.3 is 24.8 Å². The van der Waals surface area contributed by atoms with Crippen molar-refractivity contribution >= 4 is 11.8 Å². The van der Waals surface area contributed by atoms with E-state index in [9.17, 15) is 9.59 Å². The molecule has 102 valence electrons. The number of hydrogen-bond donors (Lipinski definition) is 2. The Labute approximate surface area is 109 Å². The molecule has 2 aliphatic heterocycles. The van der Waals surface area contributed by atoms with E-state index >= 15 is 0 Å². The van der Waals surface area contributed by atoms with E-state index in [2.05, 4.69) is 15.3 Å². The minimum atomic E-state index is -0.296. The largest absolute Gasteiger partial charge is 0.489 e. The Bertz CT molecular complexity index is 558. The Hall–Kier alpha value is -2.25. The van der Waals surface area contributed by atoms with Gasteiger partial charge in [0.2, 0.25) is 5.75 Å². The standard InChI is InChI=1S/C11H15N5O3/c1-19-8-9(13-6-14-10(8)17)15-2-3-16-7(5-15)4-12-11(16)18/h6-7H,2-5H2,1H3,(H,12,18)(H,13,14,17). The Morgan fingerprint density at radius 1 is 1.42 bits per heavy atom. The fourth-order valence-electron chi connectivity index (χ4n) is 2.58. The lowest BCUT2D eigenvalue weighted by Crippen LogP contribution is -2.52. The van der Waals surface area contributed by atoms with E-state index in [0.717, 1.165) is 0 Å². The quantitative estimate of drug-likeness (QED) is 0.715. The number of urea groups is 1. The third-order valence-corrected chi connectivity index (χ3v) is 3.53. The number of carbonyl (C=O) groups excluding carboxylic acids is 1. The maximum absolute atomic E-state index is 11.7. The molecule has 0 bridgehead atoms. The second-order valence-electron chi connectivity index (χ2n) is 4.57. The van der Waals surface area contributed by atoms with Gasteiger partial charge in [0.1, 0.15) is 0 Å². The van der Waals surface area contributed by atoms with E-state index in [4.69, 9.17) is 4.74 Å². The number of fused-ring (bicyclic) bond motifs is 1. The molecule has 2 saturated heterocycles. The molecule has 8 nitrogen and oxygen atoms in total. The SMILES string of the molecule is COc1c(N2CCN3C(=O)NCC3C2)nc[nH]c1=O. The molecule has 0 radical (unpaired) electrons. The summed E-state index contributed by atoms with van der Waals surface area (Å²) in [5.74, 6) is 0.749. The van der Waals surface area contributed by atoms with Gasteiger partial charge in [-0.15, -0.1) is 0 Å². The van der Waals surface area contributed by atoms with Gasteiger partial charge in [-0.1, -0.05) is 0 Å². The minimum Gasteiger partial charge on any atom is -0.489 e. The van der Waals surface area contributed by atoms with Crippen molar-refractivity contribution in [2.45, 2.75) is 6.04 Å². The summed E-state index contributed by atoms with van der Waals surface area (Å²) in [7, 11) is 1.45. The van der Waals surface area contributed by atoms with Crippen molar-refractivity contribution in [3.05, 3.63) is 16.7 Å². The molecule has 3 rings (SSSR count). The van der Waals surface area contributed by atoms with E-state index in [1.165, 1.54) is 13.4 Å². The number of aromatic amines is 1. The Morgan fingerprint density at radius 3 is 3.05 bits per heavy atom. The molecule has 8 heteroatoms. The third-order valence-electron chi connectivity index (χ3n) is 3.53. The van der Waals surface area contributed by atoms with Crippen molar-refractivity contribution in [2.24, 2.45) is 0 Å². The zero-order valence-corrected chi connectivity index (χ0v) is 10.5. The highest BCUT2D eigenvalue weighted by Gasteiger charge is 2.36. The highest BCUT2D eigenvalue weighted by Crippen LogP contribution is 2.24. The summed E-state index contributed by atoms with van der Waals surface area (Å²) in [6, 6.07) is 0.0996. The number of piperazine rings is 1. The Balaban J connectivity index is 1.87. The molecule has 3 heterocycles. The van der Waals surface area contributed by atoms with Crippen molar-refractivity contribution in [1.29, 1.82) is 0 Å². The average molecular weight is 265 g/mol. The maximum Gasteiger partial charge on any atom is 0.317 e. The summed E-state index contributed by atoms with van der Waals surface area (Å²) < 4.78 is 5.12. The van der Waals surface area contributed by atoms with Crippen LogP contribution in [0.3, 0.4) is 0 Å². The Kier molecular flexibility index (Phi) is 2.77. The Morgan fingerprint density at radius 2 is 2.26 bits per heavy atom. The lowest BCUT2D eigenvalue weighted by Gasteiger charge is -2.37. The maximum atomic E-state index is 11.7. The van der Waals surface area contributed by atoms with E-state index in [-0.39, 0.29) is 23.4 Å². The molecular formula is C11H15N5O3. The first-order chi connectivity index (χ1) is 9.20.